The maximum atomic E-state index is 12.8. The number of thioether (sulfide) groups is 1. The Morgan fingerprint density at radius 3 is 2.93 bits per heavy atom. The second-order valence-corrected chi connectivity index (χ2v) is 8.03. The molecule has 0 saturated carbocycles. The van der Waals surface area contributed by atoms with Crippen LogP contribution in [0.2, 0.25) is 0 Å². The van der Waals surface area contributed by atoms with Crippen LogP contribution in [0, 0.1) is 5.92 Å². The molecule has 10 heteroatoms. The highest BCUT2D eigenvalue weighted by atomic mass is 35.5. The molecule has 2 N–H and O–H groups in total. The van der Waals surface area contributed by atoms with Crippen molar-refractivity contribution in [3.8, 4) is 0 Å². The highest BCUT2D eigenvalue weighted by Gasteiger charge is 2.31. The molecule has 1 fully saturated rings. The first-order valence-electron chi connectivity index (χ1n) is 8.96. The quantitative estimate of drug-likeness (QED) is 0.540. The van der Waals surface area contributed by atoms with Crippen LogP contribution in [0.4, 0.5) is 0 Å². The first-order chi connectivity index (χ1) is 12.6. The molecule has 2 aliphatic heterocycles. The molecule has 1 saturated heterocycles. The van der Waals surface area contributed by atoms with E-state index in [4.69, 9.17) is 0 Å². The fraction of sp³-hybridized carbons (Fsp3) is 0.500. The van der Waals surface area contributed by atoms with Gasteiger partial charge in [0.2, 0.25) is 0 Å². The largest absolute Gasteiger partial charge is 0.351 e. The Morgan fingerprint density at radius 1 is 1.36 bits per heavy atom. The highest BCUT2D eigenvalue weighted by molar-refractivity contribution is 7.99. The smallest absolute Gasteiger partial charge is 0.263 e. The van der Waals surface area contributed by atoms with Crippen molar-refractivity contribution in [2.24, 2.45) is 13.0 Å². The van der Waals surface area contributed by atoms with Gasteiger partial charge in [-0.3, -0.25) is 9.59 Å². The van der Waals surface area contributed by atoms with E-state index in [0.29, 0.717) is 30.7 Å². The normalized spacial score (nSPS) is 19.8. The van der Waals surface area contributed by atoms with Crippen LogP contribution in [0.15, 0.2) is 34.5 Å². The number of nitrogens with one attached hydrogen (secondary N) is 2. The lowest BCUT2D eigenvalue weighted by Crippen LogP contribution is -2.46. The van der Waals surface area contributed by atoms with Gasteiger partial charge in [-0.15, -0.1) is 24.8 Å². The van der Waals surface area contributed by atoms with Crippen LogP contribution in [-0.4, -0.2) is 45.4 Å². The topological polar surface area (TPSA) is 81.0 Å². The molecule has 2 bridgehead atoms. The summed E-state index contributed by atoms with van der Waals surface area (Å²) in [5.41, 5.74) is 1.14. The summed E-state index contributed by atoms with van der Waals surface area (Å²) in [6.07, 6.45) is 4.77. The van der Waals surface area contributed by atoms with Crippen molar-refractivity contribution in [2.45, 2.75) is 24.0 Å². The van der Waals surface area contributed by atoms with Gasteiger partial charge in [-0.2, -0.15) is 0 Å². The molecule has 0 spiro atoms. The van der Waals surface area contributed by atoms with E-state index >= 15 is 0 Å². The number of carbonyl (C=O) groups is 1. The Balaban J connectivity index is 0.00000140. The van der Waals surface area contributed by atoms with Crippen molar-refractivity contribution < 1.29 is 4.79 Å². The SMILES string of the molecule is Cl.Cl.Cn1ccnc1SCCNC(=O)c1ccc2n(c1=O)C[C@@H]1CNC[C@H]2C1. The number of rotatable bonds is 5. The summed E-state index contributed by atoms with van der Waals surface area (Å²) in [4.78, 5) is 29.5. The molecule has 154 valence electrons. The molecule has 0 radical (unpaired) electrons. The second-order valence-electron chi connectivity index (χ2n) is 6.97. The van der Waals surface area contributed by atoms with Crippen molar-refractivity contribution in [3.05, 3.63) is 46.1 Å². The standard InChI is InChI=1S/C18H23N5O2S.2ClH/c1-22-6-4-21-18(22)26-7-5-20-16(24)14-2-3-15-13-8-12(9-19-10-13)11-23(15)17(14)25;;/h2-4,6,12-13,19H,5,7-11H2,1H3,(H,20,24);2*1H/t12-,13+;;/m0../s1. The van der Waals surface area contributed by atoms with Crippen molar-refractivity contribution in [2.75, 3.05) is 25.4 Å². The number of aryl methyl sites for hydroxylation is 1. The highest BCUT2D eigenvalue weighted by Crippen LogP contribution is 2.31. The summed E-state index contributed by atoms with van der Waals surface area (Å²) in [5.74, 6) is 1.27. The summed E-state index contributed by atoms with van der Waals surface area (Å²) in [7, 11) is 1.94. The number of amides is 1. The monoisotopic (exact) mass is 445 g/mol. The molecule has 2 aromatic heterocycles. The number of piperidine rings is 1. The van der Waals surface area contributed by atoms with Gasteiger partial charge in [0.05, 0.1) is 0 Å². The van der Waals surface area contributed by atoms with E-state index in [9.17, 15) is 9.59 Å². The maximum absolute atomic E-state index is 12.8. The molecule has 28 heavy (non-hydrogen) atoms. The molecular formula is C18H25Cl2N5O2S. The Labute approximate surface area is 180 Å². The fourth-order valence-electron chi connectivity index (χ4n) is 3.86. The van der Waals surface area contributed by atoms with Crippen molar-refractivity contribution >= 4 is 42.5 Å². The number of hydrogen-bond donors (Lipinski definition) is 2. The molecule has 0 aliphatic carbocycles. The number of fused-ring (bicyclic) bond motifs is 4. The van der Waals surface area contributed by atoms with Crippen LogP contribution in [0.25, 0.3) is 0 Å². The zero-order valence-corrected chi connectivity index (χ0v) is 18.0. The summed E-state index contributed by atoms with van der Waals surface area (Å²) in [6.45, 7) is 3.05. The van der Waals surface area contributed by atoms with Crippen molar-refractivity contribution in [1.82, 2.24) is 24.8 Å². The predicted molar refractivity (Wildman–Crippen MR) is 115 cm³/mol. The number of aromatic nitrogens is 3. The van der Waals surface area contributed by atoms with Gasteiger partial charge in [0, 0.05) is 56.4 Å². The predicted octanol–water partition coefficient (Wildman–Crippen LogP) is 1.65. The summed E-state index contributed by atoms with van der Waals surface area (Å²) < 4.78 is 3.76. The van der Waals surface area contributed by atoms with Gasteiger partial charge in [0.15, 0.2) is 5.16 Å². The van der Waals surface area contributed by atoms with Gasteiger partial charge < -0.3 is 19.8 Å². The number of carbonyl (C=O) groups excluding carboxylic acids is 1. The van der Waals surface area contributed by atoms with Gasteiger partial charge in [-0.05, 0) is 31.0 Å². The lowest BCUT2D eigenvalue weighted by Gasteiger charge is -2.37. The van der Waals surface area contributed by atoms with E-state index < -0.39 is 0 Å². The summed E-state index contributed by atoms with van der Waals surface area (Å²) in [5, 5.41) is 7.20. The summed E-state index contributed by atoms with van der Waals surface area (Å²) >= 11 is 1.58. The first kappa shape index (κ1) is 22.8. The van der Waals surface area contributed by atoms with Gasteiger partial charge in [-0.1, -0.05) is 11.8 Å². The van der Waals surface area contributed by atoms with Crippen LogP contribution in [-0.2, 0) is 13.6 Å². The van der Waals surface area contributed by atoms with E-state index in [0.717, 1.165) is 30.4 Å². The van der Waals surface area contributed by atoms with E-state index in [1.54, 1.807) is 24.0 Å². The molecule has 1 amide bonds. The van der Waals surface area contributed by atoms with Crippen molar-refractivity contribution in [3.63, 3.8) is 0 Å². The number of nitrogens with zero attached hydrogens (tertiary/aromatic N) is 3. The van der Waals surface area contributed by atoms with Gasteiger partial charge >= 0.3 is 0 Å². The lowest BCUT2D eigenvalue weighted by atomic mass is 9.84. The third-order valence-corrected chi connectivity index (χ3v) is 6.21. The average Bonchev–Trinajstić information content (AvgIpc) is 3.05. The minimum Gasteiger partial charge on any atom is -0.351 e. The molecular weight excluding hydrogens is 421 g/mol. The molecule has 4 heterocycles. The van der Waals surface area contributed by atoms with Crippen LogP contribution >= 0.6 is 36.6 Å². The number of pyridine rings is 1. The van der Waals surface area contributed by atoms with E-state index in [2.05, 4.69) is 15.6 Å². The van der Waals surface area contributed by atoms with Gasteiger partial charge in [-0.25, -0.2) is 4.98 Å². The third-order valence-electron chi connectivity index (χ3n) is 5.15. The van der Waals surface area contributed by atoms with Crippen LogP contribution in [0.3, 0.4) is 0 Å². The molecule has 4 rings (SSSR count). The molecule has 7 nitrogen and oxygen atoms in total. The number of hydrogen-bond acceptors (Lipinski definition) is 5. The van der Waals surface area contributed by atoms with Gasteiger partial charge in [0.1, 0.15) is 5.56 Å². The molecule has 0 unspecified atom stereocenters. The van der Waals surface area contributed by atoms with Gasteiger partial charge in [0.25, 0.3) is 11.5 Å². The first-order valence-corrected chi connectivity index (χ1v) is 9.95. The van der Waals surface area contributed by atoms with Crippen LogP contribution < -0.4 is 16.2 Å². The maximum Gasteiger partial charge on any atom is 0.263 e. The molecule has 2 atom stereocenters. The van der Waals surface area contributed by atoms with E-state index in [-0.39, 0.29) is 41.8 Å². The zero-order valence-electron chi connectivity index (χ0n) is 15.6. The fourth-order valence-corrected chi connectivity index (χ4v) is 4.64. The Kier molecular flexibility index (Phi) is 8.00. The third kappa shape index (κ3) is 4.56. The average molecular weight is 446 g/mol. The minimum absolute atomic E-state index is 0. The number of imidazole rings is 1. The van der Waals surface area contributed by atoms with Crippen LogP contribution in [0.5, 0.6) is 0 Å². The van der Waals surface area contributed by atoms with Crippen LogP contribution in [0.1, 0.15) is 28.4 Å². The van der Waals surface area contributed by atoms with E-state index in [1.165, 1.54) is 0 Å². The lowest BCUT2D eigenvalue weighted by molar-refractivity contribution is 0.0953. The Morgan fingerprint density at radius 2 is 2.18 bits per heavy atom. The zero-order chi connectivity index (χ0) is 18.1. The molecule has 2 aliphatic rings. The molecule has 0 aromatic carbocycles. The number of halogens is 2. The van der Waals surface area contributed by atoms with Crippen molar-refractivity contribution in [1.29, 1.82) is 0 Å². The molecule has 2 aromatic rings. The minimum atomic E-state index is -0.292. The Bertz CT molecular complexity index is 885. The van der Waals surface area contributed by atoms with E-state index in [1.807, 2.05) is 28.4 Å². The summed E-state index contributed by atoms with van der Waals surface area (Å²) in [6, 6.07) is 3.64. The second kappa shape index (κ2) is 9.82. The Hall–Kier alpha value is -1.48.